The second kappa shape index (κ2) is 6.25. The summed E-state index contributed by atoms with van der Waals surface area (Å²) < 4.78 is 7.26. The number of aromatic nitrogens is 4. The Kier molecular flexibility index (Phi) is 3.91. The molecule has 2 heterocycles. The molecule has 0 bridgehead atoms. The highest BCUT2D eigenvalue weighted by atomic mass is 16.5. The number of esters is 1. The molecule has 7 nitrogen and oxygen atoms in total. The summed E-state index contributed by atoms with van der Waals surface area (Å²) in [6.45, 7) is 1.76. The van der Waals surface area contributed by atoms with E-state index < -0.39 is 0 Å². The van der Waals surface area contributed by atoms with Crippen LogP contribution in [0.1, 0.15) is 23.6 Å². The summed E-state index contributed by atoms with van der Waals surface area (Å²) in [5.74, 6) is 0.677. The fourth-order valence-electron chi connectivity index (χ4n) is 3.07. The Balaban J connectivity index is 1.49. The number of nitrogens with zero attached hydrogens (tertiary/aromatic N) is 3. The average Bonchev–Trinajstić information content (AvgIpc) is 3.29. The third-order valence-corrected chi connectivity index (χ3v) is 4.44. The summed E-state index contributed by atoms with van der Waals surface area (Å²) in [6, 6.07) is 8.43. The smallest absolute Gasteiger partial charge is 0.314 e. The Morgan fingerprint density at radius 1 is 1.35 bits per heavy atom. The zero-order valence-electron chi connectivity index (χ0n) is 14.5. The van der Waals surface area contributed by atoms with Gasteiger partial charge in [-0.1, -0.05) is 12.1 Å². The van der Waals surface area contributed by atoms with Crippen LogP contribution in [-0.2, 0) is 11.8 Å². The summed E-state index contributed by atoms with van der Waals surface area (Å²) in [7, 11) is 1.86. The molecule has 1 aliphatic carbocycles. The number of nitrogens with one attached hydrogen (secondary N) is 1. The fraction of sp³-hybridized carbons (Fsp3) is 0.263. The highest BCUT2D eigenvalue weighted by Gasteiger charge is 2.46. The van der Waals surface area contributed by atoms with Gasteiger partial charge in [-0.05, 0) is 31.0 Å². The van der Waals surface area contributed by atoms with E-state index in [1.54, 1.807) is 36.0 Å². The molecule has 1 aromatic carbocycles. The molecule has 132 valence electrons. The number of H-pyrrole nitrogens is 1. The number of aryl methyl sites for hydroxylation is 2. The van der Waals surface area contributed by atoms with Crippen molar-refractivity contribution in [3.63, 3.8) is 0 Å². The van der Waals surface area contributed by atoms with Crippen LogP contribution in [0.4, 0.5) is 0 Å². The summed E-state index contributed by atoms with van der Waals surface area (Å²) in [5.41, 5.74) is 2.16. The zero-order chi connectivity index (χ0) is 18.3. The van der Waals surface area contributed by atoms with E-state index in [1.165, 1.54) is 6.07 Å². The normalized spacial score (nSPS) is 18.5. The number of hydrogen-bond donors (Lipinski definition) is 1. The van der Waals surface area contributed by atoms with E-state index in [-0.39, 0.29) is 23.4 Å². The summed E-state index contributed by atoms with van der Waals surface area (Å²) in [4.78, 5) is 31.0. The van der Waals surface area contributed by atoms with E-state index in [0.29, 0.717) is 22.8 Å². The molecule has 0 aliphatic heterocycles. The first-order chi connectivity index (χ1) is 12.5. The van der Waals surface area contributed by atoms with Crippen LogP contribution < -0.4 is 10.3 Å². The molecule has 0 spiro atoms. The molecule has 7 heteroatoms. The molecule has 0 saturated heterocycles. The van der Waals surface area contributed by atoms with Gasteiger partial charge in [0.2, 0.25) is 0 Å². The number of hydrogen-bond acceptors (Lipinski definition) is 5. The maximum absolute atomic E-state index is 12.4. The summed E-state index contributed by atoms with van der Waals surface area (Å²) in [6.07, 6.45) is 4.49. The van der Waals surface area contributed by atoms with Crippen molar-refractivity contribution in [3.8, 4) is 17.1 Å². The fourth-order valence-corrected chi connectivity index (χ4v) is 3.07. The highest BCUT2D eigenvalue weighted by molar-refractivity contribution is 5.80. The van der Waals surface area contributed by atoms with Crippen molar-refractivity contribution in [1.82, 2.24) is 19.7 Å². The predicted octanol–water partition coefficient (Wildman–Crippen LogP) is 2.19. The van der Waals surface area contributed by atoms with Gasteiger partial charge < -0.3 is 9.72 Å². The zero-order valence-corrected chi connectivity index (χ0v) is 14.5. The standard InChI is InChI=1S/C19H18N4O3/c1-11-6-17(24)22-18(21-11)12-4-3-5-14(7-12)26-19(25)16-8-15(16)13-9-20-23(2)10-13/h3-7,9-10,15-16H,8H2,1-2H3,(H,21,22,24). The van der Waals surface area contributed by atoms with E-state index in [0.717, 1.165) is 12.0 Å². The lowest BCUT2D eigenvalue weighted by Crippen LogP contribution is -2.11. The van der Waals surface area contributed by atoms with Crippen molar-refractivity contribution in [2.45, 2.75) is 19.3 Å². The quantitative estimate of drug-likeness (QED) is 0.575. The van der Waals surface area contributed by atoms with E-state index in [9.17, 15) is 9.59 Å². The van der Waals surface area contributed by atoms with Gasteiger partial charge in [0.05, 0.1) is 12.1 Å². The molecule has 2 aromatic heterocycles. The molecule has 3 aromatic rings. The van der Waals surface area contributed by atoms with E-state index >= 15 is 0 Å². The van der Waals surface area contributed by atoms with Crippen molar-refractivity contribution in [1.29, 1.82) is 0 Å². The van der Waals surface area contributed by atoms with E-state index in [4.69, 9.17) is 4.74 Å². The van der Waals surface area contributed by atoms with Gasteiger partial charge in [0.1, 0.15) is 11.6 Å². The monoisotopic (exact) mass is 350 g/mol. The van der Waals surface area contributed by atoms with E-state index in [2.05, 4.69) is 15.1 Å². The lowest BCUT2D eigenvalue weighted by atomic mass is 10.2. The molecule has 1 aliphatic rings. The average molecular weight is 350 g/mol. The molecule has 0 amide bonds. The molecule has 1 fully saturated rings. The van der Waals surface area contributed by atoms with Crippen molar-refractivity contribution in [2.24, 2.45) is 13.0 Å². The largest absolute Gasteiger partial charge is 0.426 e. The SMILES string of the molecule is Cc1cc(=O)[nH]c(-c2cccc(OC(=O)C3CC3c3cnn(C)c3)c2)n1. The maximum Gasteiger partial charge on any atom is 0.314 e. The van der Waals surface area contributed by atoms with Crippen LogP contribution in [-0.4, -0.2) is 25.7 Å². The third-order valence-electron chi connectivity index (χ3n) is 4.44. The van der Waals surface area contributed by atoms with Crippen molar-refractivity contribution >= 4 is 5.97 Å². The van der Waals surface area contributed by atoms with Gasteiger partial charge in [0, 0.05) is 36.5 Å². The van der Waals surface area contributed by atoms with Crippen LogP contribution in [0.5, 0.6) is 5.75 Å². The number of ether oxygens (including phenoxy) is 1. The number of carbonyl (C=O) groups is 1. The predicted molar refractivity (Wildman–Crippen MR) is 94.7 cm³/mol. The van der Waals surface area contributed by atoms with E-state index in [1.807, 2.05) is 19.3 Å². The molecule has 2 atom stereocenters. The second-order valence-electron chi connectivity index (χ2n) is 6.58. The Morgan fingerprint density at radius 3 is 2.92 bits per heavy atom. The molecule has 2 unspecified atom stereocenters. The number of rotatable bonds is 4. The lowest BCUT2D eigenvalue weighted by Gasteiger charge is -2.06. The molecular weight excluding hydrogens is 332 g/mol. The molecule has 4 rings (SSSR count). The molecular formula is C19H18N4O3. The minimum Gasteiger partial charge on any atom is -0.426 e. The second-order valence-corrected chi connectivity index (χ2v) is 6.58. The Hall–Kier alpha value is -3.22. The van der Waals surface area contributed by atoms with Crippen molar-refractivity contribution in [3.05, 3.63) is 64.3 Å². The Morgan fingerprint density at radius 2 is 2.19 bits per heavy atom. The molecule has 0 radical (unpaired) electrons. The third kappa shape index (κ3) is 3.28. The minimum absolute atomic E-state index is 0.139. The summed E-state index contributed by atoms with van der Waals surface area (Å²) >= 11 is 0. The Labute approximate surface area is 149 Å². The van der Waals surface area contributed by atoms with Gasteiger partial charge in [0.15, 0.2) is 0 Å². The van der Waals surface area contributed by atoms with Crippen LogP contribution in [0.25, 0.3) is 11.4 Å². The van der Waals surface area contributed by atoms with Gasteiger partial charge in [0.25, 0.3) is 5.56 Å². The number of carbonyl (C=O) groups excluding carboxylic acids is 1. The molecule has 1 saturated carbocycles. The van der Waals surface area contributed by atoms with Crippen LogP contribution >= 0.6 is 0 Å². The molecule has 1 N–H and O–H groups in total. The highest BCUT2D eigenvalue weighted by Crippen LogP contribution is 2.48. The number of benzene rings is 1. The van der Waals surface area contributed by atoms with Crippen molar-refractivity contribution < 1.29 is 9.53 Å². The van der Waals surface area contributed by atoms with Crippen LogP contribution in [0.2, 0.25) is 0 Å². The first-order valence-corrected chi connectivity index (χ1v) is 8.38. The van der Waals surface area contributed by atoms with Crippen LogP contribution in [0, 0.1) is 12.8 Å². The van der Waals surface area contributed by atoms with Crippen molar-refractivity contribution in [2.75, 3.05) is 0 Å². The first kappa shape index (κ1) is 16.3. The van der Waals surface area contributed by atoms with Gasteiger partial charge >= 0.3 is 5.97 Å². The summed E-state index contributed by atoms with van der Waals surface area (Å²) in [5, 5.41) is 4.14. The van der Waals surface area contributed by atoms with Crippen LogP contribution in [0.15, 0.2) is 47.5 Å². The first-order valence-electron chi connectivity index (χ1n) is 8.38. The van der Waals surface area contributed by atoms with Crippen LogP contribution in [0.3, 0.4) is 0 Å². The lowest BCUT2D eigenvalue weighted by molar-refractivity contribution is -0.135. The maximum atomic E-state index is 12.4. The van der Waals surface area contributed by atoms with Gasteiger partial charge in [-0.3, -0.25) is 14.3 Å². The minimum atomic E-state index is -0.248. The topological polar surface area (TPSA) is 89.9 Å². The molecule has 26 heavy (non-hydrogen) atoms. The van der Waals surface area contributed by atoms with Gasteiger partial charge in [-0.15, -0.1) is 0 Å². The number of aromatic amines is 1. The Bertz CT molecular complexity index is 1040. The van der Waals surface area contributed by atoms with Gasteiger partial charge in [-0.2, -0.15) is 5.10 Å². The van der Waals surface area contributed by atoms with Gasteiger partial charge in [-0.25, -0.2) is 4.98 Å².